The van der Waals surface area contributed by atoms with E-state index in [4.69, 9.17) is 11.6 Å². The van der Waals surface area contributed by atoms with Crippen molar-refractivity contribution in [3.05, 3.63) is 28.8 Å². The summed E-state index contributed by atoms with van der Waals surface area (Å²) in [6.45, 7) is 5.67. The lowest BCUT2D eigenvalue weighted by Gasteiger charge is -2.25. The van der Waals surface area contributed by atoms with Gasteiger partial charge in [-0.05, 0) is 44.4 Å². The second kappa shape index (κ2) is 6.98. The number of nitrogens with zero attached hydrogens (tertiary/aromatic N) is 1. The smallest absolute Gasteiger partial charge is 0.244 e. The van der Waals surface area contributed by atoms with E-state index >= 15 is 0 Å². The maximum atomic E-state index is 12.5. The van der Waals surface area contributed by atoms with Gasteiger partial charge in [-0.25, -0.2) is 0 Å². The van der Waals surface area contributed by atoms with Crippen LogP contribution in [-0.4, -0.2) is 29.9 Å². The van der Waals surface area contributed by atoms with Crippen molar-refractivity contribution >= 4 is 23.2 Å². The molecule has 1 fully saturated rings. The van der Waals surface area contributed by atoms with Crippen LogP contribution in [0.4, 0.5) is 5.69 Å². The van der Waals surface area contributed by atoms with Crippen LogP contribution in [-0.2, 0) is 4.79 Å². The van der Waals surface area contributed by atoms with E-state index in [0.29, 0.717) is 0 Å². The molecule has 1 saturated heterocycles. The van der Waals surface area contributed by atoms with Crippen LogP contribution in [0.15, 0.2) is 18.2 Å². The van der Waals surface area contributed by atoms with Crippen molar-refractivity contribution in [1.82, 2.24) is 4.90 Å². The highest BCUT2D eigenvalue weighted by molar-refractivity contribution is 6.31. The zero-order valence-corrected chi connectivity index (χ0v) is 13.0. The van der Waals surface area contributed by atoms with E-state index in [9.17, 15) is 4.79 Å². The second-order valence-electron chi connectivity index (χ2n) is 5.52. The highest BCUT2D eigenvalue weighted by atomic mass is 35.5. The predicted octanol–water partition coefficient (Wildman–Crippen LogP) is 3.85. The summed E-state index contributed by atoms with van der Waals surface area (Å²) >= 11 is 6.11. The average molecular weight is 295 g/mol. The van der Waals surface area contributed by atoms with E-state index in [1.807, 2.05) is 36.9 Å². The lowest BCUT2D eigenvalue weighted by Crippen LogP contribution is -2.41. The number of hydrogen-bond donors (Lipinski definition) is 1. The third kappa shape index (κ3) is 3.66. The van der Waals surface area contributed by atoms with Crippen molar-refractivity contribution < 1.29 is 4.79 Å². The minimum atomic E-state index is -0.217. The summed E-state index contributed by atoms with van der Waals surface area (Å²) in [6.07, 6.45) is 4.71. The van der Waals surface area contributed by atoms with Crippen LogP contribution in [0.5, 0.6) is 0 Å². The maximum Gasteiger partial charge on any atom is 0.244 e. The van der Waals surface area contributed by atoms with Crippen LogP contribution < -0.4 is 5.32 Å². The minimum absolute atomic E-state index is 0.186. The molecular formula is C16H23ClN2O. The number of anilines is 1. The molecule has 4 heteroatoms. The average Bonchev–Trinajstić information content (AvgIpc) is 2.72. The number of halogens is 1. The molecule has 0 bridgehead atoms. The Labute approximate surface area is 126 Å². The Hall–Kier alpha value is -1.22. The van der Waals surface area contributed by atoms with Gasteiger partial charge in [0.25, 0.3) is 0 Å². The van der Waals surface area contributed by atoms with Gasteiger partial charge in [0.05, 0.1) is 0 Å². The monoisotopic (exact) mass is 294 g/mol. The maximum absolute atomic E-state index is 12.5. The first kappa shape index (κ1) is 15.2. The number of benzene rings is 1. The molecule has 1 heterocycles. The summed E-state index contributed by atoms with van der Waals surface area (Å²) < 4.78 is 0. The van der Waals surface area contributed by atoms with Gasteiger partial charge in [-0.3, -0.25) is 4.79 Å². The lowest BCUT2D eigenvalue weighted by atomic mass is 10.1. The largest absolute Gasteiger partial charge is 0.374 e. The van der Waals surface area contributed by atoms with Crippen molar-refractivity contribution in [2.45, 2.75) is 45.6 Å². The molecule has 0 aliphatic carbocycles. The third-order valence-electron chi connectivity index (χ3n) is 3.93. The molecule has 1 aromatic rings. The molecule has 0 saturated carbocycles. The van der Waals surface area contributed by atoms with Crippen molar-refractivity contribution in [2.75, 3.05) is 18.4 Å². The van der Waals surface area contributed by atoms with Gasteiger partial charge < -0.3 is 10.2 Å². The fourth-order valence-electron chi connectivity index (χ4n) is 2.62. The van der Waals surface area contributed by atoms with Gasteiger partial charge >= 0.3 is 0 Å². The molecule has 0 aromatic heterocycles. The number of hydrogen-bond acceptors (Lipinski definition) is 2. The second-order valence-corrected chi connectivity index (χ2v) is 5.93. The van der Waals surface area contributed by atoms with Gasteiger partial charge in [-0.1, -0.05) is 30.5 Å². The molecule has 1 amide bonds. The normalized spacial score (nSPS) is 17.4. The number of rotatable bonds is 3. The van der Waals surface area contributed by atoms with Crippen LogP contribution >= 0.6 is 11.6 Å². The summed E-state index contributed by atoms with van der Waals surface area (Å²) in [5, 5.41) is 4.02. The molecule has 1 N–H and O–H groups in total. The number of carbonyl (C=O) groups is 1. The molecule has 1 aliphatic heterocycles. The fraction of sp³-hybridized carbons (Fsp3) is 0.562. The van der Waals surface area contributed by atoms with Crippen molar-refractivity contribution in [2.24, 2.45) is 0 Å². The summed E-state index contributed by atoms with van der Waals surface area (Å²) in [4.78, 5) is 14.5. The first-order chi connectivity index (χ1) is 9.59. The summed E-state index contributed by atoms with van der Waals surface area (Å²) in [6, 6.07) is 5.52. The molecule has 1 unspecified atom stereocenters. The standard InChI is InChI=1S/C16H23ClN2O/c1-12-14(17)8-7-9-15(12)18-13(2)16(20)19-10-5-3-4-6-11-19/h7-9,13,18H,3-6,10-11H2,1-2H3. The van der Waals surface area contributed by atoms with Crippen LogP contribution in [0.2, 0.25) is 5.02 Å². The first-order valence-electron chi connectivity index (χ1n) is 7.40. The van der Waals surface area contributed by atoms with Crippen LogP contribution in [0, 0.1) is 6.92 Å². The Balaban J connectivity index is 2.01. The molecule has 0 radical (unpaired) electrons. The molecule has 1 atom stereocenters. The number of amides is 1. The Bertz CT molecular complexity index is 468. The molecule has 0 spiro atoms. The zero-order chi connectivity index (χ0) is 14.5. The molecule has 2 rings (SSSR count). The highest BCUT2D eigenvalue weighted by Gasteiger charge is 2.21. The van der Waals surface area contributed by atoms with E-state index in [1.54, 1.807) is 0 Å². The van der Waals surface area contributed by atoms with E-state index in [0.717, 1.165) is 42.2 Å². The Morgan fingerprint density at radius 1 is 1.25 bits per heavy atom. The Kier molecular flexibility index (Phi) is 5.30. The Morgan fingerprint density at radius 3 is 2.55 bits per heavy atom. The van der Waals surface area contributed by atoms with Gasteiger partial charge in [-0.2, -0.15) is 0 Å². The van der Waals surface area contributed by atoms with Crippen LogP contribution in [0.25, 0.3) is 0 Å². The van der Waals surface area contributed by atoms with Gasteiger partial charge in [0.1, 0.15) is 6.04 Å². The number of nitrogens with one attached hydrogen (secondary N) is 1. The third-order valence-corrected chi connectivity index (χ3v) is 4.34. The van der Waals surface area contributed by atoms with Crippen molar-refractivity contribution in [1.29, 1.82) is 0 Å². The highest BCUT2D eigenvalue weighted by Crippen LogP contribution is 2.24. The van der Waals surface area contributed by atoms with Gasteiger partial charge in [0.15, 0.2) is 0 Å². The van der Waals surface area contributed by atoms with E-state index in [-0.39, 0.29) is 11.9 Å². The van der Waals surface area contributed by atoms with Gasteiger partial charge in [0.2, 0.25) is 5.91 Å². The molecule has 20 heavy (non-hydrogen) atoms. The van der Waals surface area contributed by atoms with E-state index in [2.05, 4.69) is 5.32 Å². The van der Waals surface area contributed by atoms with E-state index < -0.39 is 0 Å². The summed E-state index contributed by atoms with van der Waals surface area (Å²) in [5.41, 5.74) is 1.93. The molecular weight excluding hydrogens is 272 g/mol. The zero-order valence-electron chi connectivity index (χ0n) is 12.3. The van der Waals surface area contributed by atoms with Crippen molar-refractivity contribution in [3.63, 3.8) is 0 Å². The first-order valence-corrected chi connectivity index (χ1v) is 7.78. The molecule has 110 valence electrons. The van der Waals surface area contributed by atoms with E-state index in [1.165, 1.54) is 12.8 Å². The number of carbonyl (C=O) groups excluding carboxylic acids is 1. The number of likely N-dealkylation sites (tertiary alicyclic amines) is 1. The van der Waals surface area contributed by atoms with Crippen LogP contribution in [0.1, 0.15) is 38.2 Å². The topological polar surface area (TPSA) is 32.3 Å². The van der Waals surface area contributed by atoms with Gasteiger partial charge in [0, 0.05) is 23.8 Å². The molecule has 3 nitrogen and oxygen atoms in total. The van der Waals surface area contributed by atoms with Gasteiger partial charge in [-0.15, -0.1) is 0 Å². The predicted molar refractivity (Wildman–Crippen MR) is 84.3 cm³/mol. The van der Waals surface area contributed by atoms with Crippen LogP contribution in [0.3, 0.4) is 0 Å². The fourth-order valence-corrected chi connectivity index (χ4v) is 2.80. The lowest BCUT2D eigenvalue weighted by molar-refractivity contribution is -0.131. The summed E-state index contributed by atoms with van der Waals surface area (Å²) in [5.74, 6) is 0.186. The van der Waals surface area contributed by atoms with Crippen molar-refractivity contribution in [3.8, 4) is 0 Å². The molecule has 1 aliphatic rings. The SMILES string of the molecule is Cc1c(Cl)cccc1NC(C)C(=O)N1CCCCCC1. The quantitative estimate of drug-likeness (QED) is 0.918. The minimum Gasteiger partial charge on any atom is -0.374 e. The summed E-state index contributed by atoms with van der Waals surface area (Å²) in [7, 11) is 0. The molecule has 1 aromatic carbocycles. The Morgan fingerprint density at radius 2 is 1.90 bits per heavy atom.